The Morgan fingerprint density at radius 3 is 1.69 bits per heavy atom. The monoisotopic (exact) mass is 703 g/mol. The van der Waals surface area contributed by atoms with Crippen molar-refractivity contribution in [3.63, 3.8) is 0 Å². The number of rotatable bonds is 6. The Bertz CT molecular complexity index is 3190. The molecule has 0 saturated heterocycles. The molecule has 0 atom stereocenters. The number of nitrogens with zero attached hydrogens (tertiary/aromatic N) is 1. The van der Waals surface area contributed by atoms with Crippen LogP contribution in [0.1, 0.15) is 0 Å². The maximum Gasteiger partial charge on any atom is 0.137 e. The van der Waals surface area contributed by atoms with Crippen molar-refractivity contribution >= 4 is 71.7 Å². The molecule has 3 nitrogen and oxygen atoms in total. The summed E-state index contributed by atoms with van der Waals surface area (Å²) in [6.45, 7) is 0. The SMILES string of the molecule is c1ccc(-c2cccc(N(c3ccc(-c4cccc5oc6ccc7ccc(-c8ccccc8)cc7c6c45)cc3)c3ccc4c(c3)oc3ccccc34)c2)cc1. The van der Waals surface area contributed by atoms with Crippen molar-refractivity contribution in [1.82, 2.24) is 0 Å². The lowest BCUT2D eigenvalue weighted by atomic mass is 9.94. The van der Waals surface area contributed by atoms with Gasteiger partial charge in [0, 0.05) is 44.7 Å². The summed E-state index contributed by atoms with van der Waals surface area (Å²) in [5.41, 5.74) is 13.6. The van der Waals surface area contributed by atoms with Crippen LogP contribution in [0.15, 0.2) is 209 Å². The minimum absolute atomic E-state index is 0.862. The highest BCUT2D eigenvalue weighted by Gasteiger charge is 2.19. The van der Waals surface area contributed by atoms with E-state index >= 15 is 0 Å². The molecule has 0 aliphatic heterocycles. The van der Waals surface area contributed by atoms with E-state index in [9.17, 15) is 0 Å². The van der Waals surface area contributed by atoms with Crippen LogP contribution in [0.4, 0.5) is 17.1 Å². The third-order valence-electron chi connectivity index (χ3n) is 10.9. The van der Waals surface area contributed by atoms with Crippen molar-refractivity contribution in [2.24, 2.45) is 0 Å². The Hall–Kier alpha value is -7.36. The van der Waals surface area contributed by atoms with Crippen molar-refractivity contribution in [2.45, 2.75) is 0 Å². The third kappa shape index (κ3) is 5.28. The highest BCUT2D eigenvalue weighted by Crippen LogP contribution is 2.43. The molecule has 0 fully saturated rings. The summed E-state index contributed by atoms with van der Waals surface area (Å²) in [7, 11) is 0. The number of benzene rings is 9. The number of hydrogen-bond donors (Lipinski definition) is 0. The summed E-state index contributed by atoms with van der Waals surface area (Å²) >= 11 is 0. The molecule has 0 bridgehead atoms. The van der Waals surface area contributed by atoms with Gasteiger partial charge in [-0.1, -0.05) is 133 Å². The average Bonchev–Trinajstić information content (AvgIpc) is 3.83. The first-order valence-electron chi connectivity index (χ1n) is 18.7. The lowest BCUT2D eigenvalue weighted by Gasteiger charge is -2.26. The van der Waals surface area contributed by atoms with Gasteiger partial charge >= 0.3 is 0 Å². The summed E-state index contributed by atoms with van der Waals surface area (Å²) in [4.78, 5) is 2.31. The molecule has 0 N–H and O–H groups in total. The van der Waals surface area contributed by atoms with Gasteiger partial charge in [0.05, 0.1) is 0 Å². The van der Waals surface area contributed by atoms with Gasteiger partial charge in [-0.2, -0.15) is 0 Å². The predicted octanol–water partition coefficient (Wildman–Crippen LogP) is 15.1. The highest BCUT2D eigenvalue weighted by molar-refractivity contribution is 6.23. The first kappa shape index (κ1) is 31.2. The Kier molecular flexibility index (Phi) is 7.17. The van der Waals surface area contributed by atoms with Crippen molar-refractivity contribution in [3.05, 3.63) is 200 Å². The van der Waals surface area contributed by atoms with E-state index in [4.69, 9.17) is 8.83 Å². The van der Waals surface area contributed by atoms with Gasteiger partial charge in [0.1, 0.15) is 22.3 Å². The summed E-state index contributed by atoms with van der Waals surface area (Å²) in [6.07, 6.45) is 0. The highest BCUT2D eigenvalue weighted by atomic mass is 16.3. The summed E-state index contributed by atoms with van der Waals surface area (Å²) in [6, 6.07) is 70.9. The number of furan rings is 2. The molecule has 0 aliphatic carbocycles. The van der Waals surface area contributed by atoms with Crippen LogP contribution in [-0.4, -0.2) is 0 Å². The molecule has 0 aliphatic rings. The fraction of sp³-hybridized carbons (Fsp3) is 0. The van der Waals surface area contributed by atoms with E-state index in [0.717, 1.165) is 77.6 Å². The van der Waals surface area contributed by atoms with E-state index < -0.39 is 0 Å². The van der Waals surface area contributed by atoms with E-state index in [1.165, 1.54) is 27.5 Å². The zero-order chi connectivity index (χ0) is 36.3. The van der Waals surface area contributed by atoms with Gasteiger partial charge in [0.15, 0.2) is 0 Å². The molecule has 0 spiro atoms. The first-order valence-corrected chi connectivity index (χ1v) is 18.7. The maximum atomic E-state index is 6.53. The quantitative estimate of drug-likeness (QED) is 0.173. The number of anilines is 3. The van der Waals surface area contributed by atoms with Crippen LogP contribution >= 0.6 is 0 Å². The molecule has 55 heavy (non-hydrogen) atoms. The van der Waals surface area contributed by atoms with E-state index in [2.05, 4.69) is 193 Å². The number of para-hydroxylation sites is 1. The van der Waals surface area contributed by atoms with Crippen LogP contribution in [0, 0.1) is 0 Å². The molecule has 9 aromatic carbocycles. The molecule has 2 aromatic heterocycles. The van der Waals surface area contributed by atoms with Crippen molar-refractivity contribution < 1.29 is 8.83 Å². The van der Waals surface area contributed by atoms with E-state index in [0.29, 0.717) is 0 Å². The second-order valence-electron chi connectivity index (χ2n) is 14.1. The zero-order valence-electron chi connectivity index (χ0n) is 29.8. The molecule has 0 unspecified atom stereocenters. The van der Waals surface area contributed by atoms with Crippen molar-refractivity contribution in [1.29, 1.82) is 0 Å². The van der Waals surface area contributed by atoms with Crippen molar-refractivity contribution in [3.8, 4) is 33.4 Å². The fourth-order valence-electron chi connectivity index (χ4n) is 8.23. The minimum atomic E-state index is 0.862. The molecule has 0 saturated carbocycles. The Balaban J connectivity index is 1.06. The smallest absolute Gasteiger partial charge is 0.137 e. The van der Waals surface area contributed by atoms with Crippen LogP contribution in [0.2, 0.25) is 0 Å². The lowest BCUT2D eigenvalue weighted by Crippen LogP contribution is -2.10. The predicted molar refractivity (Wildman–Crippen MR) is 229 cm³/mol. The van der Waals surface area contributed by atoms with Gasteiger partial charge in [-0.15, -0.1) is 0 Å². The molecule has 0 radical (unpaired) electrons. The van der Waals surface area contributed by atoms with Gasteiger partial charge in [-0.05, 0) is 105 Å². The summed E-state index contributed by atoms with van der Waals surface area (Å²) < 4.78 is 12.9. The van der Waals surface area contributed by atoms with Gasteiger partial charge < -0.3 is 13.7 Å². The molecule has 11 aromatic rings. The molecular weight excluding hydrogens is 671 g/mol. The maximum absolute atomic E-state index is 6.53. The average molecular weight is 704 g/mol. The van der Waals surface area contributed by atoms with Crippen LogP contribution in [-0.2, 0) is 0 Å². The van der Waals surface area contributed by atoms with Crippen molar-refractivity contribution in [2.75, 3.05) is 4.90 Å². The van der Waals surface area contributed by atoms with Gasteiger partial charge in [0.2, 0.25) is 0 Å². The largest absolute Gasteiger partial charge is 0.456 e. The van der Waals surface area contributed by atoms with Crippen LogP contribution in [0.25, 0.3) is 88.0 Å². The first-order chi connectivity index (χ1) is 27.2. The Morgan fingerprint density at radius 1 is 0.291 bits per heavy atom. The Morgan fingerprint density at radius 2 is 0.873 bits per heavy atom. The Labute approximate surface area is 317 Å². The summed E-state index contributed by atoms with van der Waals surface area (Å²) in [5, 5.41) is 6.88. The minimum Gasteiger partial charge on any atom is -0.456 e. The molecule has 3 heteroatoms. The topological polar surface area (TPSA) is 29.5 Å². The van der Waals surface area contributed by atoms with Crippen LogP contribution in [0.3, 0.4) is 0 Å². The second kappa shape index (κ2) is 12.6. The van der Waals surface area contributed by atoms with Gasteiger partial charge in [0.25, 0.3) is 0 Å². The molecule has 258 valence electrons. The lowest BCUT2D eigenvalue weighted by molar-refractivity contribution is 0.668. The molecule has 0 amide bonds. The van der Waals surface area contributed by atoms with E-state index in [1.807, 2.05) is 12.1 Å². The number of fused-ring (bicyclic) bond motifs is 8. The van der Waals surface area contributed by atoms with Crippen LogP contribution in [0.5, 0.6) is 0 Å². The normalized spacial score (nSPS) is 11.6. The fourth-order valence-corrected chi connectivity index (χ4v) is 8.23. The zero-order valence-corrected chi connectivity index (χ0v) is 29.8. The van der Waals surface area contributed by atoms with E-state index in [1.54, 1.807) is 0 Å². The van der Waals surface area contributed by atoms with Crippen LogP contribution < -0.4 is 4.90 Å². The van der Waals surface area contributed by atoms with Gasteiger partial charge in [-0.3, -0.25) is 0 Å². The standard InChI is InChI=1S/C52H33NO2/c1-3-11-34(12-4-1)38-15-9-16-41(31-38)53(42-28-29-45-44-17-7-8-19-47(44)54-50(45)33-42)40-26-23-36(24-27-40)43-18-10-20-48-51(43)52-46-32-39(35-13-5-2-6-14-35)22-21-37(46)25-30-49(52)55-48/h1-33H. The summed E-state index contributed by atoms with van der Waals surface area (Å²) in [5.74, 6) is 0. The molecular formula is C52H33NO2. The second-order valence-corrected chi connectivity index (χ2v) is 14.1. The van der Waals surface area contributed by atoms with E-state index in [-0.39, 0.29) is 0 Å². The van der Waals surface area contributed by atoms with Gasteiger partial charge in [-0.25, -0.2) is 0 Å². The molecule has 2 heterocycles. The molecule has 11 rings (SSSR count). The number of hydrogen-bond acceptors (Lipinski definition) is 3. The third-order valence-corrected chi connectivity index (χ3v) is 10.9.